The number of hydrogen-bond acceptors (Lipinski definition) is 2. The maximum atomic E-state index is 5.90. The third-order valence-electron chi connectivity index (χ3n) is 3.82. The first-order valence-corrected chi connectivity index (χ1v) is 6.18. The zero-order valence-electron chi connectivity index (χ0n) is 9.89. The smallest absolute Gasteiger partial charge is 0.0300 e. The van der Waals surface area contributed by atoms with Crippen LogP contribution in [0.15, 0.2) is 0 Å². The molecule has 0 radical (unpaired) electrons. The van der Waals surface area contributed by atoms with Crippen molar-refractivity contribution >= 4 is 0 Å². The molecule has 1 heterocycles. The van der Waals surface area contributed by atoms with Crippen LogP contribution in [0.3, 0.4) is 0 Å². The van der Waals surface area contributed by atoms with Gasteiger partial charge in [-0.15, -0.1) is 0 Å². The maximum Gasteiger partial charge on any atom is 0.0300 e. The molecule has 2 N–H and O–H groups in total. The molecule has 0 spiro atoms. The number of rotatable bonds is 3. The van der Waals surface area contributed by atoms with E-state index < -0.39 is 0 Å². The van der Waals surface area contributed by atoms with Crippen LogP contribution in [-0.2, 0) is 0 Å². The molecule has 0 aromatic carbocycles. The zero-order valence-corrected chi connectivity index (χ0v) is 9.89. The van der Waals surface area contributed by atoms with Gasteiger partial charge in [-0.05, 0) is 39.3 Å². The van der Waals surface area contributed by atoms with Gasteiger partial charge in [-0.1, -0.05) is 26.2 Å². The summed E-state index contributed by atoms with van der Waals surface area (Å²) in [6.45, 7) is 7.87. The lowest BCUT2D eigenvalue weighted by Gasteiger charge is -2.41. The van der Waals surface area contributed by atoms with E-state index in [-0.39, 0.29) is 5.54 Å². The van der Waals surface area contributed by atoms with Gasteiger partial charge in [-0.25, -0.2) is 0 Å². The van der Waals surface area contributed by atoms with Crippen LogP contribution in [0.4, 0.5) is 0 Å². The highest BCUT2D eigenvalue weighted by Crippen LogP contribution is 2.22. The molecule has 0 amide bonds. The van der Waals surface area contributed by atoms with Crippen molar-refractivity contribution in [3.05, 3.63) is 0 Å². The Kier molecular flexibility index (Phi) is 4.90. The summed E-state index contributed by atoms with van der Waals surface area (Å²) in [4.78, 5) is 2.62. The number of nitrogens with two attached hydrogens (primary N) is 1. The highest BCUT2D eigenvalue weighted by molar-refractivity contribution is 4.86. The lowest BCUT2D eigenvalue weighted by Crippen LogP contribution is -2.52. The molecule has 2 heteroatoms. The van der Waals surface area contributed by atoms with Gasteiger partial charge < -0.3 is 5.73 Å². The minimum Gasteiger partial charge on any atom is -0.329 e. The van der Waals surface area contributed by atoms with Crippen molar-refractivity contribution in [1.82, 2.24) is 4.90 Å². The molecule has 1 rings (SSSR count). The van der Waals surface area contributed by atoms with Crippen LogP contribution in [0, 0.1) is 0 Å². The summed E-state index contributed by atoms with van der Waals surface area (Å²) in [5.41, 5.74) is 6.14. The predicted octanol–water partition coefficient (Wildman–Crippen LogP) is 2.38. The van der Waals surface area contributed by atoms with Crippen LogP contribution in [0.25, 0.3) is 0 Å². The van der Waals surface area contributed by atoms with E-state index in [0.717, 1.165) is 6.54 Å². The van der Waals surface area contributed by atoms with E-state index in [1.807, 2.05) is 0 Å². The standard InChI is InChI=1S/C12H26N2/c1-3-12(2,11-13)14-9-7-5-4-6-8-10-14/h3-11,13H2,1-2H3. The highest BCUT2D eigenvalue weighted by Gasteiger charge is 2.28. The predicted molar refractivity (Wildman–Crippen MR) is 62.4 cm³/mol. The minimum absolute atomic E-state index is 0.247. The molecule has 1 unspecified atom stereocenters. The SMILES string of the molecule is CCC(C)(CN)N1CCCCCCC1. The third kappa shape index (κ3) is 2.96. The molecule has 1 aliphatic rings. The second-order valence-corrected chi connectivity index (χ2v) is 4.81. The summed E-state index contributed by atoms with van der Waals surface area (Å²) < 4.78 is 0. The topological polar surface area (TPSA) is 29.3 Å². The van der Waals surface area contributed by atoms with Crippen molar-refractivity contribution in [1.29, 1.82) is 0 Å². The van der Waals surface area contributed by atoms with E-state index in [0.29, 0.717) is 0 Å². The van der Waals surface area contributed by atoms with Gasteiger partial charge in [0.2, 0.25) is 0 Å². The molecule has 1 aliphatic heterocycles. The average molecular weight is 198 g/mol. The molecular weight excluding hydrogens is 172 g/mol. The number of nitrogens with zero attached hydrogens (tertiary/aromatic N) is 1. The largest absolute Gasteiger partial charge is 0.329 e. The Morgan fingerprint density at radius 2 is 1.57 bits per heavy atom. The second-order valence-electron chi connectivity index (χ2n) is 4.81. The number of hydrogen-bond donors (Lipinski definition) is 1. The van der Waals surface area contributed by atoms with Crippen LogP contribution in [0.2, 0.25) is 0 Å². The van der Waals surface area contributed by atoms with E-state index in [1.54, 1.807) is 0 Å². The van der Waals surface area contributed by atoms with Crippen molar-refractivity contribution in [3.8, 4) is 0 Å². The average Bonchev–Trinajstić information content (AvgIpc) is 2.16. The summed E-state index contributed by atoms with van der Waals surface area (Å²) in [7, 11) is 0. The Hall–Kier alpha value is -0.0800. The van der Waals surface area contributed by atoms with Gasteiger partial charge >= 0.3 is 0 Å². The van der Waals surface area contributed by atoms with Gasteiger partial charge in [0.25, 0.3) is 0 Å². The van der Waals surface area contributed by atoms with E-state index in [9.17, 15) is 0 Å². The molecule has 0 aliphatic carbocycles. The Labute approximate surface area is 88.8 Å². The number of likely N-dealkylation sites (tertiary alicyclic amines) is 1. The molecule has 14 heavy (non-hydrogen) atoms. The fraction of sp³-hybridized carbons (Fsp3) is 1.00. The fourth-order valence-corrected chi connectivity index (χ4v) is 2.28. The summed E-state index contributed by atoms with van der Waals surface area (Å²) >= 11 is 0. The molecule has 0 saturated carbocycles. The fourth-order valence-electron chi connectivity index (χ4n) is 2.28. The van der Waals surface area contributed by atoms with Crippen LogP contribution in [-0.4, -0.2) is 30.1 Å². The van der Waals surface area contributed by atoms with Crippen LogP contribution in [0.5, 0.6) is 0 Å². The van der Waals surface area contributed by atoms with E-state index in [4.69, 9.17) is 5.73 Å². The van der Waals surface area contributed by atoms with Gasteiger partial charge in [-0.2, -0.15) is 0 Å². The second kappa shape index (κ2) is 5.72. The lowest BCUT2D eigenvalue weighted by atomic mass is 9.94. The molecule has 2 nitrogen and oxygen atoms in total. The Balaban J connectivity index is 2.53. The van der Waals surface area contributed by atoms with E-state index in [2.05, 4.69) is 18.7 Å². The molecule has 1 fully saturated rings. The first-order valence-electron chi connectivity index (χ1n) is 6.18. The van der Waals surface area contributed by atoms with Crippen molar-refractivity contribution in [3.63, 3.8) is 0 Å². The van der Waals surface area contributed by atoms with Crippen molar-refractivity contribution < 1.29 is 0 Å². The summed E-state index contributed by atoms with van der Waals surface area (Å²) in [5, 5.41) is 0. The molecular formula is C12H26N2. The van der Waals surface area contributed by atoms with Crippen molar-refractivity contribution in [2.75, 3.05) is 19.6 Å². The van der Waals surface area contributed by atoms with Gasteiger partial charge in [0, 0.05) is 12.1 Å². The maximum absolute atomic E-state index is 5.90. The van der Waals surface area contributed by atoms with Crippen molar-refractivity contribution in [2.24, 2.45) is 5.73 Å². The van der Waals surface area contributed by atoms with Crippen molar-refractivity contribution in [2.45, 2.75) is 57.9 Å². The quantitative estimate of drug-likeness (QED) is 0.754. The monoisotopic (exact) mass is 198 g/mol. The first-order chi connectivity index (χ1) is 6.73. The summed E-state index contributed by atoms with van der Waals surface area (Å²) in [6.07, 6.45) is 8.12. The Morgan fingerprint density at radius 3 is 2.00 bits per heavy atom. The summed E-state index contributed by atoms with van der Waals surface area (Å²) in [5.74, 6) is 0. The summed E-state index contributed by atoms with van der Waals surface area (Å²) in [6, 6.07) is 0. The lowest BCUT2D eigenvalue weighted by molar-refractivity contribution is 0.0955. The molecule has 0 aromatic heterocycles. The van der Waals surface area contributed by atoms with Gasteiger partial charge in [0.05, 0.1) is 0 Å². The van der Waals surface area contributed by atoms with Gasteiger partial charge in [0.15, 0.2) is 0 Å². The molecule has 0 bridgehead atoms. The van der Waals surface area contributed by atoms with E-state index >= 15 is 0 Å². The Morgan fingerprint density at radius 1 is 1.07 bits per heavy atom. The van der Waals surface area contributed by atoms with Gasteiger partial charge in [0.1, 0.15) is 0 Å². The first kappa shape index (κ1) is 12.0. The minimum atomic E-state index is 0.247. The third-order valence-corrected chi connectivity index (χ3v) is 3.82. The normalized spacial score (nSPS) is 25.1. The molecule has 1 saturated heterocycles. The van der Waals surface area contributed by atoms with Crippen LogP contribution >= 0.6 is 0 Å². The zero-order chi connectivity index (χ0) is 10.4. The highest BCUT2D eigenvalue weighted by atomic mass is 15.2. The molecule has 84 valence electrons. The van der Waals surface area contributed by atoms with E-state index in [1.165, 1.54) is 51.6 Å². The molecule has 1 atom stereocenters. The van der Waals surface area contributed by atoms with Gasteiger partial charge in [-0.3, -0.25) is 4.90 Å². The Bertz CT molecular complexity index is 144. The molecule has 0 aromatic rings. The van der Waals surface area contributed by atoms with Crippen LogP contribution in [0.1, 0.15) is 52.4 Å². The van der Waals surface area contributed by atoms with Crippen LogP contribution < -0.4 is 5.73 Å².